The SMILES string of the molecule is CCOC(=O)c1sc(N2C(=O)C(=O)/C(=C(/O)c3ccc(OC)c(C)c3)[C@H]2c2ccc(OC)cc2)nc1C. The number of hydrogen-bond donors (Lipinski definition) is 1. The molecule has 192 valence electrons. The lowest BCUT2D eigenvalue weighted by Crippen LogP contribution is -2.29. The average Bonchev–Trinajstić information content (AvgIpc) is 3.40. The molecule has 1 N–H and O–H groups in total. The van der Waals surface area contributed by atoms with Crippen LogP contribution in [0.4, 0.5) is 5.13 Å². The average molecular weight is 523 g/mol. The fourth-order valence-electron chi connectivity index (χ4n) is 4.18. The first-order valence-corrected chi connectivity index (χ1v) is 12.3. The highest BCUT2D eigenvalue weighted by molar-refractivity contribution is 7.17. The standard InChI is InChI=1S/C27H26N2O7S/c1-6-36-26(33)24-15(3)28-27(37-24)29-21(16-7-10-18(34-4)11-8-16)20(23(31)25(29)32)22(30)17-9-12-19(35-5)14(2)13-17/h7-13,21,30H,6H2,1-5H3/b22-20+/t21-/m1/s1. The molecule has 2 aromatic carbocycles. The van der Waals surface area contributed by atoms with Crippen molar-refractivity contribution in [3.05, 3.63) is 75.3 Å². The molecule has 0 bridgehead atoms. The summed E-state index contributed by atoms with van der Waals surface area (Å²) in [6.07, 6.45) is 0. The van der Waals surface area contributed by atoms with Gasteiger partial charge in [-0.2, -0.15) is 0 Å². The van der Waals surface area contributed by atoms with Crippen LogP contribution in [-0.2, 0) is 14.3 Å². The first kappa shape index (κ1) is 25.9. The number of aromatic nitrogens is 1. The number of carbonyl (C=O) groups is 3. The molecule has 10 heteroatoms. The van der Waals surface area contributed by atoms with Crippen LogP contribution in [0.25, 0.3) is 5.76 Å². The van der Waals surface area contributed by atoms with E-state index < -0.39 is 23.7 Å². The Bertz CT molecular complexity index is 1410. The molecule has 37 heavy (non-hydrogen) atoms. The molecule has 0 aliphatic carbocycles. The van der Waals surface area contributed by atoms with Gasteiger partial charge in [0.05, 0.1) is 38.1 Å². The molecule has 0 saturated carbocycles. The van der Waals surface area contributed by atoms with E-state index in [1.54, 1.807) is 56.3 Å². The van der Waals surface area contributed by atoms with Gasteiger partial charge in [-0.25, -0.2) is 9.78 Å². The van der Waals surface area contributed by atoms with Gasteiger partial charge >= 0.3 is 11.9 Å². The summed E-state index contributed by atoms with van der Waals surface area (Å²) in [6.45, 7) is 5.32. The van der Waals surface area contributed by atoms with Crippen molar-refractivity contribution in [2.24, 2.45) is 0 Å². The predicted octanol–water partition coefficient (Wildman–Crippen LogP) is 4.58. The number of esters is 1. The molecule has 2 heterocycles. The molecule has 1 fully saturated rings. The third kappa shape index (κ3) is 4.67. The lowest BCUT2D eigenvalue weighted by Gasteiger charge is -2.23. The fraction of sp³-hybridized carbons (Fsp3) is 0.259. The largest absolute Gasteiger partial charge is 0.507 e. The van der Waals surface area contributed by atoms with E-state index in [0.717, 1.165) is 16.9 Å². The molecule has 3 aromatic rings. The number of Topliss-reactive ketones (excluding diaryl/α,β-unsaturated/α-hetero) is 1. The van der Waals surface area contributed by atoms with E-state index >= 15 is 0 Å². The van der Waals surface area contributed by atoms with Crippen molar-refractivity contribution in [3.8, 4) is 11.5 Å². The van der Waals surface area contributed by atoms with Crippen LogP contribution in [0, 0.1) is 13.8 Å². The van der Waals surface area contributed by atoms with Crippen molar-refractivity contribution in [2.45, 2.75) is 26.8 Å². The second kappa shape index (κ2) is 10.4. The number of carbonyl (C=O) groups excluding carboxylic acids is 3. The van der Waals surface area contributed by atoms with Gasteiger partial charge in [0.1, 0.15) is 22.1 Å². The van der Waals surface area contributed by atoms with Crippen LogP contribution in [0.2, 0.25) is 0 Å². The van der Waals surface area contributed by atoms with Gasteiger partial charge in [-0.15, -0.1) is 0 Å². The Hall–Kier alpha value is -4.18. The zero-order chi connectivity index (χ0) is 26.9. The maximum absolute atomic E-state index is 13.4. The Labute approximate surface area is 217 Å². The van der Waals surface area contributed by atoms with Gasteiger partial charge in [-0.3, -0.25) is 14.5 Å². The normalized spacial score (nSPS) is 16.7. The van der Waals surface area contributed by atoms with Crippen molar-refractivity contribution in [2.75, 3.05) is 25.7 Å². The molecule has 1 aliphatic heterocycles. The molecular weight excluding hydrogens is 496 g/mol. The van der Waals surface area contributed by atoms with Crippen LogP contribution >= 0.6 is 11.3 Å². The van der Waals surface area contributed by atoms with Crippen LogP contribution in [0.5, 0.6) is 11.5 Å². The number of hydrogen-bond acceptors (Lipinski definition) is 9. The lowest BCUT2D eigenvalue weighted by atomic mass is 9.95. The minimum atomic E-state index is -0.992. The third-order valence-electron chi connectivity index (χ3n) is 6.00. The lowest BCUT2D eigenvalue weighted by molar-refractivity contribution is -0.132. The van der Waals surface area contributed by atoms with Crippen LogP contribution < -0.4 is 14.4 Å². The van der Waals surface area contributed by atoms with Crippen LogP contribution in [0.3, 0.4) is 0 Å². The molecule has 9 nitrogen and oxygen atoms in total. The Morgan fingerprint density at radius 2 is 1.78 bits per heavy atom. The quantitative estimate of drug-likeness (QED) is 0.208. The molecule has 4 rings (SSSR count). The van der Waals surface area contributed by atoms with Crippen molar-refractivity contribution in [1.29, 1.82) is 0 Å². The van der Waals surface area contributed by atoms with Crippen molar-refractivity contribution in [3.63, 3.8) is 0 Å². The molecule has 1 saturated heterocycles. The summed E-state index contributed by atoms with van der Waals surface area (Å²) in [5.74, 6) is -1.41. The van der Waals surface area contributed by atoms with Crippen LogP contribution in [0.15, 0.2) is 48.0 Å². The van der Waals surface area contributed by atoms with Gasteiger partial charge in [0.15, 0.2) is 5.13 Å². The predicted molar refractivity (Wildman–Crippen MR) is 138 cm³/mol. The number of aliphatic hydroxyl groups is 1. The number of amides is 1. The Morgan fingerprint density at radius 3 is 2.38 bits per heavy atom. The first-order chi connectivity index (χ1) is 17.7. The summed E-state index contributed by atoms with van der Waals surface area (Å²) in [5, 5.41) is 11.5. The number of thiazole rings is 1. The van der Waals surface area contributed by atoms with Crippen molar-refractivity contribution < 1.29 is 33.7 Å². The molecule has 1 aliphatic rings. The molecule has 0 radical (unpaired) electrons. The monoisotopic (exact) mass is 522 g/mol. The summed E-state index contributed by atoms with van der Waals surface area (Å²) in [6, 6.07) is 10.8. The first-order valence-electron chi connectivity index (χ1n) is 11.5. The maximum Gasteiger partial charge on any atom is 0.350 e. The molecule has 1 aromatic heterocycles. The van der Waals surface area contributed by atoms with Crippen LogP contribution in [0.1, 0.15) is 45.0 Å². The highest BCUT2D eigenvalue weighted by atomic mass is 32.1. The summed E-state index contributed by atoms with van der Waals surface area (Å²) < 4.78 is 15.7. The zero-order valence-corrected chi connectivity index (χ0v) is 21.8. The fourth-order valence-corrected chi connectivity index (χ4v) is 5.17. The van der Waals surface area contributed by atoms with E-state index in [1.807, 2.05) is 6.92 Å². The number of aliphatic hydroxyl groups excluding tert-OH is 1. The Kier molecular flexibility index (Phi) is 7.30. The van der Waals surface area contributed by atoms with E-state index in [4.69, 9.17) is 14.2 Å². The number of nitrogens with zero attached hydrogens (tertiary/aromatic N) is 2. The zero-order valence-electron chi connectivity index (χ0n) is 21.0. The molecule has 0 spiro atoms. The molecule has 1 amide bonds. The second-order valence-electron chi connectivity index (χ2n) is 8.26. The van der Waals surface area contributed by atoms with E-state index in [1.165, 1.54) is 19.1 Å². The molecular formula is C27H26N2O7S. The summed E-state index contributed by atoms with van der Waals surface area (Å²) in [5.41, 5.74) is 1.94. The van der Waals surface area contributed by atoms with E-state index in [0.29, 0.717) is 28.3 Å². The highest BCUT2D eigenvalue weighted by Crippen LogP contribution is 2.44. The number of aryl methyl sites for hydroxylation is 2. The number of methoxy groups -OCH3 is 2. The van der Waals surface area contributed by atoms with Gasteiger partial charge in [-0.05, 0) is 62.2 Å². The number of ether oxygens (including phenoxy) is 3. The highest BCUT2D eigenvalue weighted by Gasteiger charge is 2.48. The van der Waals surface area contributed by atoms with Crippen LogP contribution in [-0.4, -0.2) is 48.6 Å². The minimum absolute atomic E-state index is 0.0923. The Morgan fingerprint density at radius 1 is 1.08 bits per heavy atom. The summed E-state index contributed by atoms with van der Waals surface area (Å²) in [4.78, 5) is 45.0. The minimum Gasteiger partial charge on any atom is -0.507 e. The molecule has 0 unspecified atom stereocenters. The number of anilines is 1. The molecule has 1 atom stereocenters. The van der Waals surface area contributed by atoms with Crippen molar-refractivity contribution in [1.82, 2.24) is 4.98 Å². The third-order valence-corrected chi connectivity index (χ3v) is 7.13. The summed E-state index contributed by atoms with van der Waals surface area (Å²) >= 11 is 0.955. The maximum atomic E-state index is 13.4. The number of ketones is 1. The smallest absolute Gasteiger partial charge is 0.350 e. The van der Waals surface area contributed by atoms with Gasteiger partial charge in [0, 0.05) is 5.56 Å². The van der Waals surface area contributed by atoms with E-state index in [2.05, 4.69) is 4.98 Å². The van der Waals surface area contributed by atoms with E-state index in [-0.39, 0.29) is 27.9 Å². The number of benzene rings is 2. The topological polar surface area (TPSA) is 115 Å². The summed E-state index contributed by atoms with van der Waals surface area (Å²) in [7, 11) is 3.07. The van der Waals surface area contributed by atoms with E-state index in [9.17, 15) is 19.5 Å². The second-order valence-corrected chi connectivity index (χ2v) is 9.24. The van der Waals surface area contributed by atoms with Crippen molar-refractivity contribution >= 4 is 39.9 Å². The van der Waals surface area contributed by atoms with Gasteiger partial charge in [0.25, 0.3) is 5.78 Å². The van der Waals surface area contributed by atoms with Gasteiger partial charge in [-0.1, -0.05) is 23.5 Å². The van der Waals surface area contributed by atoms with Gasteiger partial charge in [0.2, 0.25) is 0 Å². The Balaban J connectivity index is 1.91. The number of rotatable bonds is 7. The van der Waals surface area contributed by atoms with Gasteiger partial charge < -0.3 is 19.3 Å².